The number of carbonyl (C=O) groups is 2. The van der Waals surface area contributed by atoms with E-state index in [1.165, 1.54) is 13.8 Å². The lowest BCUT2D eigenvalue weighted by Gasteiger charge is -2.47. The van der Waals surface area contributed by atoms with Crippen LogP contribution in [-0.4, -0.2) is 114 Å². The van der Waals surface area contributed by atoms with Crippen molar-refractivity contribution in [1.29, 1.82) is 0 Å². The molecule has 0 aromatic heterocycles. The zero-order chi connectivity index (χ0) is 35.7. The zero-order valence-electron chi connectivity index (χ0n) is 29.6. The molecule has 0 amide bonds. The number of aliphatic hydroxyl groups excluding tert-OH is 4. The number of rotatable bonds is 12. The molecule has 1 saturated heterocycles. The average molecular weight is 681 g/mol. The van der Waals surface area contributed by atoms with Gasteiger partial charge in [-0.3, -0.25) is 9.59 Å². The molecule has 13 unspecified atom stereocenters. The summed E-state index contributed by atoms with van der Waals surface area (Å²) in [4.78, 5) is 23.8. The van der Waals surface area contributed by atoms with Crippen molar-refractivity contribution in [2.45, 2.75) is 122 Å². The van der Waals surface area contributed by atoms with Gasteiger partial charge in [-0.05, 0) is 57.4 Å². The summed E-state index contributed by atoms with van der Waals surface area (Å²) >= 11 is 0. The summed E-state index contributed by atoms with van der Waals surface area (Å²) in [5.41, 5.74) is 0.746. The van der Waals surface area contributed by atoms with E-state index in [0.717, 1.165) is 24.0 Å². The van der Waals surface area contributed by atoms with Gasteiger partial charge in [-0.2, -0.15) is 0 Å². The highest BCUT2D eigenvalue weighted by atomic mass is 16.7. The smallest absolute Gasteiger partial charge is 0.303 e. The summed E-state index contributed by atoms with van der Waals surface area (Å²) in [5.74, 6) is -1.70. The van der Waals surface area contributed by atoms with Gasteiger partial charge in [-0.25, -0.2) is 0 Å². The minimum atomic E-state index is -1.63. The second-order valence-electron chi connectivity index (χ2n) is 14.7. The van der Waals surface area contributed by atoms with Crippen molar-refractivity contribution < 1.29 is 58.4 Å². The Labute approximate surface area is 284 Å². The monoisotopic (exact) mass is 680 g/mol. The van der Waals surface area contributed by atoms with E-state index >= 15 is 0 Å². The van der Waals surface area contributed by atoms with Gasteiger partial charge in [0.25, 0.3) is 0 Å². The van der Waals surface area contributed by atoms with E-state index in [-0.39, 0.29) is 43.3 Å². The molecule has 1 aliphatic heterocycles. The van der Waals surface area contributed by atoms with Gasteiger partial charge in [0.05, 0.1) is 37.6 Å². The van der Waals surface area contributed by atoms with E-state index in [9.17, 15) is 30.0 Å². The predicted octanol–water partition coefficient (Wildman–Crippen LogP) is 2.61. The molecule has 0 bridgehead atoms. The molecular weight excluding hydrogens is 624 g/mol. The van der Waals surface area contributed by atoms with Crippen LogP contribution in [0.4, 0.5) is 0 Å². The molecule has 272 valence electrons. The molecule has 4 aliphatic rings. The number of hydrogen-bond acceptors (Lipinski definition) is 12. The maximum absolute atomic E-state index is 12.3. The van der Waals surface area contributed by atoms with Crippen LogP contribution in [0.15, 0.2) is 35.5 Å². The molecule has 1 saturated carbocycles. The van der Waals surface area contributed by atoms with Crippen LogP contribution in [0.25, 0.3) is 0 Å². The van der Waals surface area contributed by atoms with Crippen LogP contribution < -0.4 is 0 Å². The molecule has 48 heavy (non-hydrogen) atoms. The number of fused-ring (bicyclic) bond motifs is 2. The third-order valence-electron chi connectivity index (χ3n) is 10.8. The van der Waals surface area contributed by atoms with Crippen molar-refractivity contribution in [2.75, 3.05) is 26.9 Å². The molecule has 4 N–H and O–H groups in total. The van der Waals surface area contributed by atoms with Crippen LogP contribution in [0.1, 0.15) is 67.7 Å². The molecule has 2 fully saturated rings. The number of ether oxygens (including phenoxy) is 6. The number of aliphatic hydroxyl groups is 4. The fourth-order valence-electron chi connectivity index (χ4n) is 7.88. The predicted molar refractivity (Wildman–Crippen MR) is 174 cm³/mol. The molecule has 12 nitrogen and oxygen atoms in total. The average Bonchev–Trinajstić information content (AvgIpc) is 3.52. The fourth-order valence-corrected chi connectivity index (χ4v) is 7.88. The van der Waals surface area contributed by atoms with Gasteiger partial charge in [0.2, 0.25) is 0 Å². The Bertz CT molecular complexity index is 1240. The van der Waals surface area contributed by atoms with Crippen molar-refractivity contribution in [3.8, 4) is 0 Å². The Morgan fingerprint density at radius 3 is 2.40 bits per heavy atom. The van der Waals surface area contributed by atoms with Gasteiger partial charge in [-0.1, -0.05) is 37.1 Å². The van der Waals surface area contributed by atoms with Crippen LogP contribution in [-0.2, 0) is 38.0 Å². The Morgan fingerprint density at radius 1 is 1.10 bits per heavy atom. The van der Waals surface area contributed by atoms with E-state index in [4.69, 9.17) is 28.4 Å². The lowest BCUT2D eigenvalue weighted by molar-refractivity contribution is -0.320. The van der Waals surface area contributed by atoms with E-state index in [1.807, 2.05) is 20.8 Å². The van der Waals surface area contributed by atoms with Crippen LogP contribution >= 0.6 is 0 Å². The van der Waals surface area contributed by atoms with Gasteiger partial charge >= 0.3 is 11.9 Å². The highest BCUT2D eigenvalue weighted by molar-refractivity contribution is 5.66. The molecule has 0 aromatic rings. The van der Waals surface area contributed by atoms with E-state index in [2.05, 4.69) is 12.7 Å². The van der Waals surface area contributed by atoms with E-state index in [0.29, 0.717) is 12.2 Å². The highest BCUT2D eigenvalue weighted by Crippen LogP contribution is 2.56. The first-order valence-corrected chi connectivity index (χ1v) is 17.0. The molecule has 1 heterocycles. The first kappa shape index (κ1) is 38.6. The molecule has 4 rings (SSSR count). The van der Waals surface area contributed by atoms with Gasteiger partial charge in [0.15, 0.2) is 12.4 Å². The zero-order valence-corrected chi connectivity index (χ0v) is 29.6. The molecule has 13 atom stereocenters. The summed E-state index contributed by atoms with van der Waals surface area (Å²) < 4.78 is 35.1. The van der Waals surface area contributed by atoms with Crippen LogP contribution in [0.5, 0.6) is 0 Å². The van der Waals surface area contributed by atoms with Crippen LogP contribution in [0.3, 0.4) is 0 Å². The summed E-state index contributed by atoms with van der Waals surface area (Å²) in [5, 5.41) is 46.7. The quantitative estimate of drug-likeness (QED) is 0.176. The summed E-state index contributed by atoms with van der Waals surface area (Å²) in [7, 11) is 1.66. The highest BCUT2D eigenvalue weighted by Gasteiger charge is 2.56. The van der Waals surface area contributed by atoms with Crippen molar-refractivity contribution in [3.63, 3.8) is 0 Å². The molecule has 0 aromatic carbocycles. The van der Waals surface area contributed by atoms with Gasteiger partial charge in [-0.15, -0.1) is 6.58 Å². The van der Waals surface area contributed by atoms with Crippen molar-refractivity contribution in [2.24, 2.45) is 29.1 Å². The molecular formula is C36H56O12. The molecule has 12 heteroatoms. The van der Waals surface area contributed by atoms with Crippen molar-refractivity contribution in [3.05, 3.63) is 35.5 Å². The van der Waals surface area contributed by atoms with Gasteiger partial charge in [0, 0.05) is 38.2 Å². The van der Waals surface area contributed by atoms with E-state index in [1.54, 1.807) is 27.0 Å². The molecule has 0 spiro atoms. The number of esters is 2. The van der Waals surface area contributed by atoms with E-state index < -0.39 is 72.0 Å². The SMILES string of the molecule is C=CC(C)(C)OCC1OC(OC2C3=C(C(C)COC(C)=O)CC(O)C3(C)C=C3C(COC)CCC3C(C)C2O)C(O)C(OC(C)=O)C1O. The first-order valence-electron chi connectivity index (χ1n) is 17.0. The first-order chi connectivity index (χ1) is 22.4. The molecule has 3 aliphatic carbocycles. The second-order valence-corrected chi connectivity index (χ2v) is 14.7. The Balaban J connectivity index is 1.82. The summed E-state index contributed by atoms with van der Waals surface area (Å²) in [6.45, 7) is 16.0. The lowest BCUT2D eigenvalue weighted by Crippen LogP contribution is -2.62. The third kappa shape index (κ3) is 7.91. The number of carbonyl (C=O) groups excluding carboxylic acids is 2. The van der Waals surface area contributed by atoms with Gasteiger partial charge in [0.1, 0.15) is 24.4 Å². The normalized spacial score (nSPS) is 39.1. The minimum absolute atomic E-state index is 0.0190. The standard InChI is InChI=1S/C36H56O12/c1-10-35(6,7)45-17-26-30(41)33(46-21(5)38)31(42)34(47-26)48-32-28-24(18(2)15-44-20(4)37)13-27(39)36(28,8)14-25-22(16-43-9)11-12-23(25)19(3)29(32)40/h10,14,18-19,22-23,26-27,29-34,39-42H,1,11-13,15-17H2,2-9H3. The number of hydrogen-bond donors (Lipinski definition) is 4. The lowest BCUT2D eigenvalue weighted by atomic mass is 9.68. The summed E-state index contributed by atoms with van der Waals surface area (Å²) in [6, 6.07) is 0. The van der Waals surface area contributed by atoms with Crippen molar-refractivity contribution >= 4 is 11.9 Å². The maximum atomic E-state index is 12.3. The topological polar surface area (TPSA) is 170 Å². The van der Waals surface area contributed by atoms with Crippen molar-refractivity contribution in [1.82, 2.24) is 0 Å². The Hall–Kier alpha value is -2.16. The minimum Gasteiger partial charge on any atom is -0.465 e. The Kier molecular flexibility index (Phi) is 12.4. The third-order valence-corrected chi connectivity index (χ3v) is 10.8. The van der Waals surface area contributed by atoms with Crippen LogP contribution in [0, 0.1) is 29.1 Å². The largest absolute Gasteiger partial charge is 0.465 e. The maximum Gasteiger partial charge on any atom is 0.303 e. The fraction of sp³-hybridized carbons (Fsp3) is 0.778. The summed E-state index contributed by atoms with van der Waals surface area (Å²) in [6.07, 6.45) is -4.54. The van der Waals surface area contributed by atoms with Gasteiger partial charge < -0.3 is 48.8 Å². The molecule has 0 radical (unpaired) electrons. The number of methoxy groups -OCH3 is 1. The van der Waals surface area contributed by atoms with Crippen LogP contribution in [0.2, 0.25) is 0 Å². The Morgan fingerprint density at radius 2 is 1.79 bits per heavy atom. The second kappa shape index (κ2) is 15.4.